The molecule has 1 saturated heterocycles. The van der Waals surface area contributed by atoms with Crippen LogP contribution in [0.4, 0.5) is 10.1 Å². The van der Waals surface area contributed by atoms with E-state index < -0.39 is 5.97 Å². The van der Waals surface area contributed by atoms with Gasteiger partial charge in [0.2, 0.25) is 0 Å². The average Bonchev–Trinajstić information content (AvgIpc) is 2.78. The fourth-order valence-electron chi connectivity index (χ4n) is 3.73. The molecular formula is C23H22FN3O3. The number of carbonyl (C=O) groups is 2. The Morgan fingerprint density at radius 3 is 2.43 bits per heavy atom. The Balaban J connectivity index is 1.59. The summed E-state index contributed by atoms with van der Waals surface area (Å²) in [4.78, 5) is 33.5. The molecule has 2 heterocycles. The first-order valence-electron chi connectivity index (χ1n) is 9.93. The minimum Gasteiger partial charge on any atom is -0.462 e. The van der Waals surface area contributed by atoms with Gasteiger partial charge >= 0.3 is 5.97 Å². The summed E-state index contributed by atoms with van der Waals surface area (Å²) < 4.78 is 18.4. The van der Waals surface area contributed by atoms with E-state index in [2.05, 4.69) is 9.88 Å². The van der Waals surface area contributed by atoms with E-state index in [4.69, 9.17) is 4.74 Å². The number of anilines is 1. The highest BCUT2D eigenvalue weighted by Gasteiger charge is 2.27. The van der Waals surface area contributed by atoms with E-state index in [0.717, 1.165) is 16.6 Å². The maximum Gasteiger partial charge on any atom is 0.341 e. The number of esters is 1. The third-order valence-electron chi connectivity index (χ3n) is 5.22. The molecule has 1 amide bonds. The first-order valence-corrected chi connectivity index (χ1v) is 9.93. The Labute approximate surface area is 173 Å². The Bertz CT molecular complexity index is 1080. The maximum absolute atomic E-state index is 13.1. The minimum atomic E-state index is -0.407. The van der Waals surface area contributed by atoms with Gasteiger partial charge in [0.25, 0.3) is 5.91 Å². The van der Waals surface area contributed by atoms with Crippen molar-refractivity contribution in [3.05, 3.63) is 71.7 Å². The molecule has 1 aromatic heterocycles. The smallest absolute Gasteiger partial charge is 0.341 e. The normalized spacial score (nSPS) is 14.1. The molecule has 1 fully saturated rings. The molecule has 154 valence electrons. The van der Waals surface area contributed by atoms with Gasteiger partial charge in [-0.2, -0.15) is 0 Å². The number of ether oxygens (including phenoxy) is 1. The first kappa shape index (κ1) is 19.8. The number of amides is 1. The lowest BCUT2D eigenvalue weighted by molar-refractivity contribution is 0.0525. The molecule has 1 aliphatic rings. The molecule has 4 rings (SSSR count). The second kappa shape index (κ2) is 8.49. The Morgan fingerprint density at radius 1 is 1.03 bits per heavy atom. The highest BCUT2D eigenvalue weighted by Crippen LogP contribution is 2.31. The van der Waals surface area contributed by atoms with Crippen LogP contribution in [-0.2, 0) is 4.74 Å². The van der Waals surface area contributed by atoms with Gasteiger partial charge in [0.15, 0.2) is 0 Å². The Morgan fingerprint density at radius 2 is 1.73 bits per heavy atom. The molecule has 0 N–H and O–H groups in total. The summed E-state index contributed by atoms with van der Waals surface area (Å²) in [6.07, 6.45) is 1.56. The molecule has 6 nitrogen and oxygen atoms in total. The number of nitrogens with zero attached hydrogens (tertiary/aromatic N) is 3. The number of para-hydroxylation sites is 1. The highest BCUT2D eigenvalue weighted by atomic mass is 19.1. The van der Waals surface area contributed by atoms with Gasteiger partial charge in [-0.3, -0.25) is 9.78 Å². The van der Waals surface area contributed by atoms with E-state index >= 15 is 0 Å². The minimum absolute atomic E-state index is 0.125. The van der Waals surface area contributed by atoms with Gasteiger partial charge in [0.05, 0.1) is 17.8 Å². The molecule has 0 aliphatic carbocycles. The SMILES string of the molecule is CCOC(=O)c1cnc2ccccc2c1N1CCN(C(=O)c2ccc(F)cc2)CC1. The third-order valence-corrected chi connectivity index (χ3v) is 5.22. The average molecular weight is 407 g/mol. The molecule has 0 atom stereocenters. The van der Waals surface area contributed by atoms with Crippen LogP contribution in [0.5, 0.6) is 0 Å². The van der Waals surface area contributed by atoms with Gasteiger partial charge in [0.1, 0.15) is 11.4 Å². The fourth-order valence-corrected chi connectivity index (χ4v) is 3.73. The van der Waals surface area contributed by atoms with Gasteiger partial charge in [-0.1, -0.05) is 18.2 Å². The Kier molecular flexibility index (Phi) is 5.61. The lowest BCUT2D eigenvalue weighted by atomic mass is 10.1. The number of hydrogen-bond acceptors (Lipinski definition) is 5. The lowest BCUT2D eigenvalue weighted by Gasteiger charge is -2.37. The van der Waals surface area contributed by atoms with Crippen LogP contribution in [0.3, 0.4) is 0 Å². The number of benzene rings is 2. The highest BCUT2D eigenvalue weighted by molar-refractivity contribution is 6.05. The largest absolute Gasteiger partial charge is 0.462 e. The summed E-state index contributed by atoms with van der Waals surface area (Å²) in [5, 5.41) is 0.876. The van der Waals surface area contributed by atoms with Crippen LogP contribution < -0.4 is 4.90 Å². The number of fused-ring (bicyclic) bond motifs is 1. The molecule has 30 heavy (non-hydrogen) atoms. The summed E-state index contributed by atoms with van der Waals surface area (Å²) >= 11 is 0. The quantitative estimate of drug-likeness (QED) is 0.620. The van der Waals surface area contributed by atoms with Crippen molar-refractivity contribution in [2.24, 2.45) is 0 Å². The number of pyridine rings is 1. The van der Waals surface area contributed by atoms with Crippen molar-refractivity contribution in [1.29, 1.82) is 0 Å². The van der Waals surface area contributed by atoms with Crippen molar-refractivity contribution in [1.82, 2.24) is 9.88 Å². The van der Waals surface area contributed by atoms with Crippen molar-refractivity contribution in [3.63, 3.8) is 0 Å². The van der Waals surface area contributed by atoms with Crippen molar-refractivity contribution in [2.45, 2.75) is 6.92 Å². The molecule has 0 radical (unpaired) electrons. The van der Waals surface area contributed by atoms with E-state index in [1.54, 1.807) is 18.0 Å². The zero-order valence-corrected chi connectivity index (χ0v) is 16.7. The van der Waals surface area contributed by atoms with E-state index in [-0.39, 0.29) is 18.3 Å². The number of carbonyl (C=O) groups excluding carboxylic acids is 2. The number of rotatable bonds is 4. The number of hydrogen-bond donors (Lipinski definition) is 0. The van der Waals surface area contributed by atoms with E-state index in [1.165, 1.54) is 24.3 Å². The van der Waals surface area contributed by atoms with Crippen molar-refractivity contribution < 1.29 is 18.7 Å². The third kappa shape index (κ3) is 3.83. The summed E-state index contributed by atoms with van der Waals surface area (Å²) in [5.41, 5.74) is 2.47. The summed E-state index contributed by atoms with van der Waals surface area (Å²) in [6.45, 7) is 4.17. The van der Waals surface area contributed by atoms with Crippen LogP contribution >= 0.6 is 0 Å². The lowest BCUT2D eigenvalue weighted by Crippen LogP contribution is -2.49. The Hall–Kier alpha value is -3.48. The second-order valence-corrected chi connectivity index (χ2v) is 7.04. The predicted molar refractivity (Wildman–Crippen MR) is 112 cm³/mol. The fraction of sp³-hybridized carbons (Fsp3) is 0.261. The van der Waals surface area contributed by atoms with Gasteiger partial charge < -0.3 is 14.5 Å². The number of aromatic nitrogens is 1. The number of piperazine rings is 1. The van der Waals surface area contributed by atoms with E-state index in [0.29, 0.717) is 37.3 Å². The van der Waals surface area contributed by atoms with Gasteiger partial charge in [-0.15, -0.1) is 0 Å². The van der Waals surface area contributed by atoms with Crippen LogP contribution in [0.25, 0.3) is 10.9 Å². The topological polar surface area (TPSA) is 62.7 Å². The molecule has 2 aromatic carbocycles. The van der Waals surface area contributed by atoms with Crippen LogP contribution in [0, 0.1) is 5.82 Å². The predicted octanol–water partition coefficient (Wildman–Crippen LogP) is 3.51. The first-order chi connectivity index (χ1) is 14.6. The zero-order chi connectivity index (χ0) is 21.1. The molecule has 1 aliphatic heterocycles. The van der Waals surface area contributed by atoms with Gasteiger partial charge in [-0.25, -0.2) is 9.18 Å². The molecule has 0 bridgehead atoms. The molecule has 3 aromatic rings. The molecular weight excluding hydrogens is 385 g/mol. The van der Waals surface area contributed by atoms with Gasteiger partial charge in [-0.05, 0) is 37.3 Å². The molecule has 0 spiro atoms. The zero-order valence-electron chi connectivity index (χ0n) is 16.7. The van der Waals surface area contributed by atoms with Crippen molar-refractivity contribution in [3.8, 4) is 0 Å². The van der Waals surface area contributed by atoms with Gasteiger partial charge in [0, 0.05) is 43.3 Å². The molecule has 7 heteroatoms. The number of halogens is 1. The van der Waals surface area contributed by atoms with Crippen LogP contribution in [-0.4, -0.2) is 54.5 Å². The summed E-state index contributed by atoms with van der Waals surface area (Å²) in [6, 6.07) is 13.2. The second-order valence-electron chi connectivity index (χ2n) is 7.04. The standard InChI is InChI=1S/C23H22FN3O3/c1-2-30-23(29)19-15-25-20-6-4-3-5-18(20)21(19)26-11-13-27(14-12-26)22(28)16-7-9-17(24)10-8-16/h3-10,15H,2,11-14H2,1H3. The van der Waals surface area contributed by atoms with Crippen LogP contribution in [0.2, 0.25) is 0 Å². The van der Waals surface area contributed by atoms with Crippen molar-refractivity contribution in [2.75, 3.05) is 37.7 Å². The maximum atomic E-state index is 13.1. The monoisotopic (exact) mass is 407 g/mol. The van der Waals surface area contributed by atoms with E-state index in [9.17, 15) is 14.0 Å². The molecule has 0 unspecified atom stereocenters. The molecule has 0 saturated carbocycles. The summed E-state index contributed by atoms with van der Waals surface area (Å²) in [7, 11) is 0. The van der Waals surface area contributed by atoms with E-state index in [1.807, 2.05) is 24.3 Å². The van der Waals surface area contributed by atoms with Crippen LogP contribution in [0.1, 0.15) is 27.6 Å². The van der Waals surface area contributed by atoms with Crippen molar-refractivity contribution >= 4 is 28.5 Å². The van der Waals surface area contributed by atoms with Crippen LogP contribution in [0.15, 0.2) is 54.7 Å². The summed E-state index contributed by atoms with van der Waals surface area (Å²) in [5.74, 6) is -0.900.